The number of nitrogens with one attached hydrogen (secondary N) is 1. The number of benzene rings is 1. The number of amides is 1. The third kappa shape index (κ3) is 2.10. The molecule has 3 N–H and O–H groups in total. The number of rotatable bonds is 2. The van der Waals surface area contributed by atoms with E-state index in [2.05, 4.69) is 15.2 Å². The van der Waals surface area contributed by atoms with Gasteiger partial charge < -0.3 is 16.0 Å². The van der Waals surface area contributed by atoms with Crippen molar-refractivity contribution < 1.29 is 4.79 Å². The number of primary amides is 1. The molecule has 3 rings (SSSR count). The quantitative estimate of drug-likeness (QED) is 0.855. The summed E-state index contributed by atoms with van der Waals surface area (Å²) in [5.41, 5.74) is 8.68. The van der Waals surface area contributed by atoms with Crippen molar-refractivity contribution in [1.82, 2.24) is 10.3 Å². The van der Waals surface area contributed by atoms with Gasteiger partial charge in [-0.25, -0.2) is 0 Å². The second-order valence-electron chi connectivity index (χ2n) is 5.04. The van der Waals surface area contributed by atoms with E-state index in [4.69, 9.17) is 5.73 Å². The lowest BCUT2D eigenvalue weighted by Gasteiger charge is -2.32. The monoisotopic (exact) mass is 270 g/mol. The minimum absolute atomic E-state index is 0.408. The largest absolute Gasteiger partial charge is 0.368 e. The molecular weight excluding hydrogens is 252 g/mol. The number of nitrogens with two attached hydrogens (primary N) is 1. The van der Waals surface area contributed by atoms with Gasteiger partial charge in [-0.2, -0.15) is 0 Å². The van der Waals surface area contributed by atoms with Crippen molar-refractivity contribution in [2.75, 3.05) is 31.1 Å². The molecule has 1 fully saturated rings. The summed E-state index contributed by atoms with van der Waals surface area (Å²) in [4.78, 5) is 18.6. The van der Waals surface area contributed by atoms with Crippen LogP contribution in [0.4, 0.5) is 5.69 Å². The summed E-state index contributed by atoms with van der Waals surface area (Å²) >= 11 is 0. The Labute approximate surface area is 117 Å². The predicted octanol–water partition coefficient (Wildman–Crippen LogP) is 1.05. The molecule has 1 saturated heterocycles. The highest BCUT2D eigenvalue weighted by molar-refractivity contribution is 6.07. The summed E-state index contributed by atoms with van der Waals surface area (Å²) in [5, 5.41) is 4.32. The van der Waals surface area contributed by atoms with Crippen molar-refractivity contribution >= 4 is 22.5 Å². The number of hydrogen-bond donors (Lipinski definition) is 2. The molecule has 2 aromatic rings. The maximum absolute atomic E-state index is 11.9. The Hall–Kier alpha value is -2.14. The average Bonchev–Trinajstić information content (AvgIpc) is 2.46. The van der Waals surface area contributed by atoms with Gasteiger partial charge in [-0.15, -0.1) is 0 Å². The molecule has 5 heteroatoms. The van der Waals surface area contributed by atoms with E-state index < -0.39 is 5.91 Å². The van der Waals surface area contributed by atoms with Crippen LogP contribution >= 0.6 is 0 Å². The third-order valence-electron chi connectivity index (χ3n) is 3.73. The van der Waals surface area contributed by atoms with E-state index >= 15 is 0 Å². The zero-order valence-corrected chi connectivity index (χ0v) is 11.5. The van der Waals surface area contributed by atoms with Crippen LogP contribution < -0.4 is 16.0 Å². The standard InChI is InChI=1S/C15H18N4O/c1-10-13(15(16)20)14(19-8-6-17-7-9-19)11-4-2-3-5-12(11)18-10/h2-5,17H,6-9H2,1H3,(H2,16,20). The molecule has 1 aliphatic heterocycles. The Morgan fingerprint density at radius 2 is 2.00 bits per heavy atom. The number of aromatic nitrogens is 1. The van der Waals surface area contributed by atoms with Gasteiger partial charge in [0.05, 0.1) is 22.5 Å². The van der Waals surface area contributed by atoms with Gasteiger partial charge >= 0.3 is 0 Å². The number of nitrogens with zero attached hydrogens (tertiary/aromatic N) is 2. The van der Waals surface area contributed by atoms with E-state index in [0.29, 0.717) is 11.3 Å². The minimum Gasteiger partial charge on any atom is -0.368 e. The van der Waals surface area contributed by atoms with Gasteiger partial charge in [0, 0.05) is 31.6 Å². The molecule has 0 aliphatic carbocycles. The van der Waals surface area contributed by atoms with Gasteiger partial charge in [-0.05, 0) is 13.0 Å². The number of aryl methyl sites for hydroxylation is 1. The van der Waals surface area contributed by atoms with Crippen LogP contribution in [0.1, 0.15) is 16.1 Å². The van der Waals surface area contributed by atoms with Crippen LogP contribution in [0.15, 0.2) is 24.3 Å². The molecule has 1 amide bonds. The Morgan fingerprint density at radius 3 is 2.70 bits per heavy atom. The van der Waals surface area contributed by atoms with Crippen LogP contribution in [-0.4, -0.2) is 37.1 Å². The number of fused-ring (bicyclic) bond motifs is 1. The van der Waals surface area contributed by atoms with Crippen LogP contribution in [0.5, 0.6) is 0 Å². The summed E-state index contributed by atoms with van der Waals surface area (Å²) in [6.45, 7) is 5.40. The normalized spacial score (nSPS) is 15.6. The second-order valence-corrected chi connectivity index (χ2v) is 5.04. The second kappa shape index (κ2) is 5.09. The smallest absolute Gasteiger partial charge is 0.252 e. The summed E-state index contributed by atoms with van der Waals surface area (Å²) in [7, 11) is 0. The maximum atomic E-state index is 11.9. The van der Waals surface area contributed by atoms with Crippen LogP contribution in [-0.2, 0) is 0 Å². The number of hydrogen-bond acceptors (Lipinski definition) is 4. The first-order chi connectivity index (χ1) is 9.68. The topological polar surface area (TPSA) is 71.2 Å². The van der Waals surface area contributed by atoms with Crippen molar-refractivity contribution in [3.8, 4) is 0 Å². The third-order valence-corrected chi connectivity index (χ3v) is 3.73. The number of anilines is 1. The lowest BCUT2D eigenvalue weighted by molar-refractivity contribution is 0.1000. The van der Waals surface area contributed by atoms with E-state index in [1.807, 2.05) is 31.2 Å². The maximum Gasteiger partial charge on any atom is 0.252 e. The number of piperazine rings is 1. The molecule has 5 nitrogen and oxygen atoms in total. The fourth-order valence-corrected chi connectivity index (χ4v) is 2.83. The lowest BCUT2D eigenvalue weighted by Crippen LogP contribution is -2.44. The Bertz CT molecular complexity index is 662. The SMILES string of the molecule is Cc1nc2ccccc2c(N2CCNCC2)c1C(N)=O. The first kappa shape index (κ1) is 12.9. The highest BCUT2D eigenvalue weighted by Gasteiger charge is 2.22. The minimum atomic E-state index is -0.408. The van der Waals surface area contributed by atoms with Gasteiger partial charge in [0.15, 0.2) is 0 Å². The highest BCUT2D eigenvalue weighted by Crippen LogP contribution is 2.31. The van der Waals surface area contributed by atoms with Crippen LogP contribution in [0.2, 0.25) is 0 Å². The molecule has 0 unspecified atom stereocenters. The van der Waals surface area contributed by atoms with Gasteiger partial charge in [-0.1, -0.05) is 18.2 Å². The van der Waals surface area contributed by atoms with E-state index in [1.165, 1.54) is 0 Å². The van der Waals surface area contributed by atoms with E-state index in [0.717, 1.165) is 42.8 Å². The van der Waals surface area contributed by atoms with E-state index in [9.17, 15) is 4.79 Å². The number of pyridine rings is 1. The first-order valence-electron chi connectivity index (χ1n) is 6.83. The van der Waals surface area contributed by atoms with Gasteiger partial charge in [0.1, 0.15) is 0 Å². The fraction of sp³-hybridized carbons (Fsp3) is 0.333. The van der Waals surface area contributed by atoms with Crippen molar-refractivity contribution in [2.45, 2.75) is 6.92 Å². The van der Waals surface area contributed by atoms with Gasteiger partial charge in [0.2, 0.25) is 0 Å². The molecule has 0 radical (unpaired) electrons. The summed E-state index contributed by atoms with van der Waals surface area (Å²) in [6.07, 6.45) is 0. The number of carbonyl (C=O) groups is 1. The Balaban J connectivity index is 2.28. The van der Waals surface area contributed by atoms with Gasteiger partial charge in [-0.3, -0.25) is 9.78 Å². The van der Waals surface area contributed by atoms with Crippen molar-refractivity contribution in [3.05, 3.63) is 35.5 Å². The predicted molar refractivity (Wildman–Crippen MR) is 80.1 cm³/mol. The number of carbonyl (C=O) groups excluding carboxylic acids is 1. The molecule has 1 aliphatic rings. The molecule has 2 heterocycles. The Kier molecular flexibility index (Phi) is 3.28. The molecule has 0 saturated carbocycles. The molecule has 1 aromatic carbocycles. The van der Waals surface area contributed by atoms with E-state index in [1.54, 1.807) is 0 Å². The summed E-state index contributed by atoms with van der Waals surface area (Å²) < 4.78 is 0. The van der Waals surface area contributed by atoms with Crippen LogP contribution in [0, 0.1) is 6.92 Å². The molecule has 0 atom stereocenters. The Morgan fingerprint density at radius 1 is 1.30 bits per heavy atom. The van der Waals surface area contributed by atoms with Crippen LogP contribution in [0.25, 0.3) is 10.9 Å². The zero-order chi connectivity index (χ0) is 14.1. The van der Waals surface area contributed by atoms with E-state index in [-0.39, 0.29) is 0 Å². The summed E-state index contributed by atoms with van der Waals surface area (Å²) in [6, 6.07) is 7.90. The molecule has 20 heavy (non-hydrogen) atoms. The van der Waals surface area contributed by atoms with Crippen molar-refractivity contribution in [3.63, 3.8) is 0 Å². The molecular formula is C15H18N4O. The van der Waals surface area contributed by atoms with Gasteiger partial charge in [0.25, 0.3) is 5.91 Å². The van der Waals surface area contributed by atoms with Crippen molar-refractivity contribution in [1.29, 1.82) is 0 Å². The molecule has 104 valence electrons. The molecule has 0 spiro atoms. The first-order valence-corrected chi connectivity index (χ1v) is 6.83. The van der Waals surface area contributed by atoms with Crippen molar-refractivity contribution in [2.24, 2.45) is 5.73 Å². The lowest BCUT2D eigenvalue weighted by atomic mass is 10.0. The average molecular weight is 270 g/mol. The molecule has 1 aromatic heterocycles. The highest BCUT2D eigenvalue weighted by atomic mass is 16.1. The fourth-order valence-electron chi connectivity index (χ4n) is 2.83. The summed E-state index contributed by atoms with van der Waals surface area (Å²) in [5.74, 6) is -0.408. The zero-order valence-electron chi connectivity index (χ0n) is 11.5. The molecule has 0 bridgehead atoms. The number of para-hydroxylation sites is 1. The van der Waals surface area contributed by atoms with Crippen LogP contribution in [0.3, 0.4) is 0 Å².